The number of amides is 3. The molecule has 3 aliphatic rings. The molecule has 3 aliphatic heterocycles. The van der Waals surface area contributed by atoms with Gasteiger partial charge in [-0.1, -0.05) is 79.7 Å². The molecular formula is C40H43N3O6Si. The van der Waals surface area contributed by atoms with Gasteiger partial charge in [0.25, 0.3) is 11.8 Å². The third-order valence-electron chi connectivity index (χ3n) is 10.7. The summed E-state index contributed by atoms with van der Waals surface area (Å²) >= 11 is 0. The van der Waals surface area contributed by atoms with Crippen LogP contribution in [0.15, 0.2) is 103 Å². The number of rotatable bonds is 8. The third kappa shape index (κ3) is 5.96. The second kappa shape index (κ2) is 13.3. The quantitative estimate of drug-likeness (QED) is 0.207. The zero-order chi connectivity index (χ0) is 35.2. The molecule has 10 heteroatoms. The number of ether oxygens (including phenoxy) is 1. The van der Waals surface area contributed by atoms with Crippen LogP contribution in [0.2, 0.25) is 18.6 Å². The van der Waals surface area contributed by atoms with Gasteiger partial charge in [-0.3, -0.25) is 14.4 Å². The van der Waals surface area contributed by atoms with Crippen molar-refractivity contribution in [1.82, 2.24) is 4.90 Å². The van der Waals surface area contributed by atoms with Crippen LogP contribution in [0, 0.1) is 5.92 Å². The van der Waals surface area contributed by atoms with Gasteiger partial charge in [0, 0.05) is 34.8 Å². The fourth-order valence-electron chi connectivity index (χ4n) is 8.44. The fraction of sp³-hybridized carbons (Fsp3) is 0.325. The molecule has 0 bridgehead atoms. The zero-order valence-corrected chi connectivity index (χ0v) is 29.6. The van der Waals surface area contributed by atoms with Crippen LogP contribution in [0.3, 0.4) is 0 Å². The maximum Gasteiger partial charge on any atom is 0.264 e. The molecule has 0 saturated carbocycles. The minimum atomic E-state index is -3.00. The number of para-hydroxylation sites is 1. The lowest BCUT2D eigenvalue weighted by molar-refractivity contribution is -0.151. The number of hydrogen-bond acceptors (Lipinski definition) is 6. The Labute approximate surface area is 293 Å². The summed E-state index contributed by atoms with van der Waals surface area (Å²) in [7, 11) is -3.00. The number of aliphatic hydroxyl groups excluding tert-OH is 1. The predicted molar refractivity (Wildman–Crippen MR) is 194 cm³/mol. The fourth-order valence-corrected chi connectivity index (χ4v) is 11.0. The largest absolute Gasteiger partial charge is 0.432 e. The Morgan fingerprint density at radius 3 is 2.38 bits per heavy atom. The van der Waals surface area contributed by atoms with E-state index in [4.69, 9.17) is 4.74 Å². The van der Waals surface area contributed by atoms with Crippen LogP contribution < -0.4 is 10.2 Å². The third-order valence-corrected chi connectivity index (χ3v) is 13.2. The molecule has 258 valence electrons. The first-order chi connectivity index (χ1) is 24.0. The van der Waals surface area contributed by atoms with Crippen molar-refractivity contribution in [2.45, 2.75) is 69.2 Å². The lowest BCUT2D eigenvalue weighted by atomic mass is 9.82. The first kappa shape index (κ1) is 33.9. The molecule has 1 spiro atoms. The van der Waals surface area contributed by atoms with E-state index in [0.29, 0.717) is 24.2 Å². The molecule has 4 aromatic rings. The average Bonchev–Trinajstić information content (AvgIpc) is 3.54. The first-order valence-electron chi connectivity index (χ1n) is 17.3. The van der Waals surface area contributed by atoms with Crippen LogP contribution >= 0.6 is 0 Å². The van der Waals surface area contributed by atoms with Gasteiger partial charge in [-0.2, -0.15) is 0 Å². The van der Waals surface area contributed by atoms with Crippen LogP contribution in [-0.2, 0) is 39.4 Å². The van der Waals surface area contributed by atoms with E-state index in [1.165, 1.54) is 0 Å². The molecule has 5 atom stereocenters. The van der Waals surface area contributed by atoms with Crippen molar-refractivity contribution in [3.8, 4) is 0 Å². The summed E-state index contributed by atoms with van der Waals surface area (Å²) in [6.45, 7) is 6.13. The molecule has 0 aliphatic carbocycles. The average molecular weight is 690 g/mol. The molecule has 1 fully saturated rings. The summed E-state index contributed by atoms with van der Waals surface area (Å²) < 4.78 is 6.91. The van der Waals surface area contributed by atoms with E-state index in [9.17, 15) is 24.3 Å². The van der Waals surface area contributed by atoms with E-state index >= 15 is 0 Å². The first-order valence-corrected chi connectivity index (χ1v) is 20.3. The van der Waals surface area contributed by atoms with Crippen molar-refractivity contribution in [2.75, 3.05) is 16.8 Å². The van der Waals surface area contributed by atoms with Crippen molar-refractivity contribution in [3.63, 3.8) is 0 Å². The van der Waals surface area contributed by atoms with Gasteiger partial charge in [0.1, 0.15) is 0 Å². The molecule has 0 radical (unpaired) electrons. The minimum absolute atomic E-state index is 0.00891. The summed E-state index contributed by atoms with van der Waals surface area (Å²) in [5, 5.41) is 13.2. The number of carbonyl (C=O) groups excluding carboxylic acids is 3. The Morgan fingerprint density at radius 2 is 1.64 bits per heavy atom. The van der Waals surface area contributed by atoms with Gasteiger partial charge in [0.15, 0.2) is 13.9 Å². The Balaban J connectivity index is 1.17. The Bertz CT molecular complexity index is 1930. The molecule has 1 saturated heterocycles. The Morgan fingerprint density at radius 1 is 0.940 bits per heavy atom. The van der Waals surface area contributed by atoms with Crippen molar-refractivity contribution >= 4 is 37.4 Å². The Kier molecular flexibility index (Phi) is 8.98. The molecule has 0 unspecified atom stereocenters. The number of carbonyl (C=O) groups is 3. The maximum atomic E-state index is 14.8. The monoisotopic (exact) mass is 689 g/mol. The van der Waals surface area contributed by atoms with Crippen LogP contribution in [0.5, 0.6) is 0 Å². The number of nitrogens with zero attached hydrogens (tertiary/aromatic N) is 2. The molecule has 50 heavy (non-hydrogen) atoms. The predicted octanol–water partition coefficient (Wildman–Crippen LogP) is 5.62. The number of nitrogens with one attached hydrogen (secondary N) is 1. The van der Waals surface area contributed by atoms with Crippen molar-refractivity contribution in [3.05, 3.63) is 131 Å². The van der Waals surface area contributed by atoms with Gasteiger partial charge in [-0.25, -0.2) is 0 Å². The molecule has 3 amide bonds. The number of aliphatic hydroxyl groups is 1. The van der Waals surface area contributed by atoms with Gasteiger partial charge in [0.05, 0.1) is 37.4 Å². The second-order valence-corrected chi connectivity index (χ2v) is 18.3. The summed E-state index contributed by atoms with van der Waals surface area (Å²) in [5.74, 6) is -1.04. The number of anilines is 2. The SMILES string of the molecule is C[C@H]1[C@H]([Si](C)(C)O)[C@@H](CC(=O)N2Cc3ccccc3C[C@H]2CO)O[C@]12C(=O)N(Cc1cccc(NC(=O)c3ccccc3)c1)c1ccccc12. The smallest absolute Gasteiger partial charge is 0.264 e. The van der Waals surface area contributed by atoms with Gasteiger partial charge in [0.2, 0.25) is 5.91 Å². The topological polar surface area (TPSA) is 119 Å². The summed E-state index contributed by atoms with van der Waals surface area (Å²) in [4.78, 5) is 56.9. The standard InChI is InChI=1S/C40H43N3O6Si/c1-26-37(50(2,3)48)35(22-36(45)42-24-30-16-8-7-15-29(30)21-32(42)25-44)49-40(26)33-18-9-10-19-34(33)43(39(40)47)23-27-12-11-17-31(20-27)41-38(46)28-13-5-4-6-14-28/h4-20,26,32,35,37,44,48H,21-25H2,1-3H3,(H,41,46)/t26-,32-,35+,37-,40+/m0/s1. The van der Waals surface area contributed by atoms with Gasteiger partial charge in [-0.05, 0) is 66.5 Å². The normalized spacial score (nSPS) is 24.3. The molecule has 9 nitrogen and oxygen atoms in total. The van der Waals surface area contributed by atoms with Crippen molar-refractivity contribution in [2.24, 2.45) is 5.92 Å². The lowest BCUT2D eigenvalue weighted by Crippen LogP contribution is -2.48. The van der Waals surface area contributed by atoms with E-state index in [1.807, 2.05) is 111 Å². The Hall–Kier alpha value is -4.61. The van der Waals surface area contributed by atoms with Gasteiger partial charge >= 0.3 is 0 Å². The molecule has 3 heterocycles. The van der Waals surface area contributed by atoms with Crippen LogP contribution in [0.25, 0.3) is 0 Å². The second-order valence-electron chi connectivity index (χ2n) is 14.3. The zero-order valence-electron chi connectivity index (χ0n) is 28.6. The molecule has 0 aromatic heterocycles. The summed E-state index contributed by atoms with van der Waals surface area (Å²) in [6, 6.07) is 31.6. The molecular weight excluding hydrogens is 647 g/mol. The number of fused-ring (bicyclic) bond motifs is 3. The van der Waals surface area contributed by atoms with E-state index in [1.54, 1.807) is 21.9 Å². The van der Waals surface area contributed by atoms with Crippen LogP contribution in [0.4, 0.5) is 11.4 Å². The summed E-state index contributed by atoms with van der Waals surface area (Å²) in [5.41, 5.74) is 3.81. The maximum absolute atomic E-state index is 14.8. The van der Waals surface area contributed by atoms with E-state index < -0.39 is 31.5 Å². The summed E-state index contributed by atoms with van der Waals surface area (Å²) in [6.07, 6.45) is -0.147. The van der Waals surface area contributed by atoms with Gasteiger partial charge in [-0.15, -0.1) is 0 Å². The van der Waals surface area contributed by atoms with Crippen LogP contribution in [-0.4, -0.2) is 59.6 Å². The number of hydrogen-bond donors (Lipinski definition) is 3. The highest BCUT2D eigenvalue weighted by Crippen LogP contribution is 2.59. The highest BCUT2D eigenvalue weighted by Gasteiger charge is 2.66. The minimum Gasteiger partial charge on any atom is -0.432 e. The number of benzene rings is 4. The van der Waals surface area contributed by atoms with E-state index in [0.717, 1.165) is 27.9 Å². The highest BCUT2D eigenvalue weighted by atomic mass is 28.4. The molecule has 7 rings (SSSR count). The lowest BCUT2D eigenvalue weighted by Gasteiger charge is -2.37. The van der Waals surface area contributed by atoms with Gasteiger partial charge < -0.3 is 29.8 Å². The molecule has 3 N–H and O–H groups in total. The van der Waals surface area contributed by atoms with Crippen LogP contribution in [0.1, 0.15) is 46.0 Å². The van der Waals surface area contributed by atoms with E-state index in [2.05, 4.69) is 5.32 Å². The molecule has 4 aromatic carbocycles. The van der Waals surface area contributed by atoms with Crippen molar-refractivity contribution < 1.29 is 29.0 Å². The van der Waals surface area contributed by atoms with E-state index in [-0.39, 0.29) is 43.3 Å². The highest BCUT2D eigenvalue weighted by molar-refractivity contribution is 6.71. The van der Waals surface area contributed by atoms with Crippen molar-refractivity contribution in [1.29, 1.82) is 0 Å².